The Morgan fingerprint density at radius 3 is 1.73 bits per heavy atom. The molecule has 8 nitrogen and oxygen atoms in total. The molecule has 0 atom stereocenters. The molecule has 0 aliphatic heterocycles. The second-order valence-corrected chi connectivity index (χ2v) is 9.70. The standard InChI is InChI=1S/C35H28N8.C2H6/c1-24(40-35(42-31-13-6-7-20-37-31)30-19-17-26-10-3-5-12-28(26)22-30)39-32-14-8-15-33(41-32)43-34(38-23-36)29-18-16-25-9-2-4-11-27(25)21-29;1-2/h2-23H,1H3,(H3,36,37,38,39,40,41,42,43);1-2H3. The third kappa shape index (κ3) is 7.88. The fourth-order valence-electron chi connectivity index (χ4n) is 4.64. The van der Waals surface area contributed by atoms with Crippen LogP contribution in [0, 0.1) is 5.41 Å². The van der Waals surface area contributed by atoms with Crippen molar-refractivity contribution in [3.8, 4) is 0 Å². The second-order valence-electron chi connectivity index (χ2n) is 9.70. The van der Waals surface area contributed by atoms with E-state index in [1.165, 1.54) is 0 Å². The Kier molecular flexibility index (Phi) is 10.1. The summed E-state index contributed by atoms with van der Waals surface area (Å²) in [6, 6.07) is 39.7. The minimum absolute atomic E-state index is 0.462. The number of fused-ring (bicyclic) bond motifs is 2. The first-order valence-corrected chi connectivity index (χ1v) is 14.8. The van der Waals surface area contributed by atoms with Gasteiger partial charge in [-0.1, -0.05) is 98.8 Å². The molecule has 0 aliphatic carbocycles. The van der Waals surface area contributed by atoms with E-state index >= 15 is 0 Å². The van der Waals surface area contributed by atoms with Gasteiger partial charge in [0.25, 0.3) is 0 Å². The molecule has 0 saturated carbocycles. The zero-order valence-corrected chi connectivity index (χ0v) is 25.4. The molecule has 6 aromatic rings. The lowest BCUT2D eigenvalue weighted by molar-refractivity contribution is 1.19. The van der Waals surface area contributed by atoms with Crippen LogP contribution in [-0.4, -0.2) is 33.8 Å². The van der Waals surface area contributed by atoms with Gasteiger partial charge in [-0.15, -0.1) is 0 Å². The lowest BCUT2D eigenvalue weighted by Crippen LogP contribution is -2.29. The van der Waals surface area contributed by atoms with Gasteiger partial charge in [0.05, 0.1) is 6.34 Å². The molecular formula is C37H34N8. The van der Waals surface area contributed by atoms with Crippen LogP contribution in [0.5, 0.6) is 0 Å². The normalized spacial score (nSPS) is 11.9. The van der Waals surface area contributed by atoms with Crippen molar-refractivity contribution in [2.75, 3.05) is 0 Å². The fourth-order valence-corrected chi connectivity index (χ4v) is 4.64. The molecule has 0 aliphatic rings. The Morgan fingerprint density at radius 1 is 0.600 bits per heavy atom. The number of nitrogens with one attached hydrogen (secondary N) is 3. The summed E-state index contributed by atoms with van der Waals surface area (Å²) in [6.45, 7) is 5.86. The fraction of sp³-hybridized carbons (Fsp3) is 0.0811. The number of aliphatic imine (C=N–C) groups is 3. The molecule has 222 valence electrons. The van der Waals surface area contributed by atoms with Gasteiger partial charge in [0.2, 0.25) is 0 Å². The maximum atomic E-state index is 7.62. The van der Waals surface area contributed by atoms with Gasteiger partial charge < -0.3 is 10.6 Å². The van der Waals surface area contributed by atoms with Crippen LogP contribution in [0.1, 0.15) is 31.9 Å². The summed E-state index contributed by atoms with van der Waals surface area (Å²) >= 11 is 0. The highest BCUT2D eigenvalue weighted by molar-refractivity contribution is 6.11. The Labute approximate surface area is 262 Å². The summed E-state index contributed by atoms with van der Waals surface area (Å²) in [6.07, 6.45) is 2.83. The minimum atomic E-state index is 0.462. The molecule has 0 unspecified atom stereocenters. The second kappa shape index (κ2) is 14.9. The maximum absolute atomic E-state index is 7.62. The summed E-state index contributed by atoms with van der Waals surface area (Å²) in [4.78, 5) is 23.2. The smallest absolute Gasteiger partial charge is 0.156 e. The zero-order chi connectivity index (χ0) is 31.4. The third-order valence-electron chi connectivity index (χ3n) is 6.66. The van der Waals surface area contributed by atoms with Crippen LogP contribution in [0.2, 0.25) is 0 Å². The van der Waals surface area contributed by atoms with Crippen LogP contribution >= 0.6 is 0 Å². The number of aromatic nitrogens is 2. The summed E-state index contributed by atoms with van der Waals surface area (Å²) in [5.41, 5.74) is 1.75. The van der Waals surface area contributed by atoms with Gasteiger partial charge in [-0.05, 0) is 64.9 Å². The highest BCUT2D eigenvalue weighted by atomic mass is 15.1. The minimum Gasteiger partial charge on any atom is -0.331 e. The third-order valence-corrected chi connectivity index (χ3v) is 6.66. The quantitative estimate of drug-likeness (QED) is 0.133. The summed E-state index contributed by atoms with van der Waals surface area (Å²) in [5.74, 6) is 3.27. The van der Waals surface area contributed by atoms with Gasteiger partial charge in [-0.2, -0.15) is 0 Å². The monoisotopic (exact) mass is 590 g/mol. The van der Waals surface area contributed by atoms with Crippen LogP contribution in [0.4, 0.5) is 17.5 Å². The van der Waals surface area contributed by atoms with Crippen LogP contribution in [0.15, 0.2) is 143 Å². The molecule has 0 bridgehead atoms. The molecule has 3 N–H and O–H groups in total. The van der Waals surface area contributed by atoms with Gasteiger partial charge >= 0.3 is 0 Å². The van der Waals surface area contributed by atoms with Gasteiger partial charge in [-0.3, -0.25) is 5.41 Å². The molecule has 6 rings (SSSR count). The SMILES string of the molecule is CC.CC(=Nc1cccc(/N=C(\NC=N)c2ccc3ccccc3c2)n1)N/C(=N\c1ccccn1)c1ccc2ccccc2c1. The first-order valence-electron chi connectivity index (χ1n) is 14.8. The topological polar surface area (TPSA) is 111 Å². The summed E-state index contributed by atoms with van der Waals surface area (Å²) in [5, 5.41) is 18.4. The molecule has 2 aromatic heterocycles. The van der Waals surface area contributed by atoms with Crippen molar-refractivity contribution < 1.29 is 0 Å². The van der Waals surface area contributed by atoms with Crippen molar-refractivity contribution in [1.29, 1.82) is 5.41 Å². The molecule has 2 heterocycles. The van der Waals surface area contributed by atoms with E-state index in [0.29, 0.717) is 35.0 Å². The lowest BCUT2D eigenvalue weighted by atomic mass is 10.1. The maximum Gasteiger partial charge on any atom is 0.156 e. The number of benzene rings is 4. The predicted octanol–water partition coefficient (Wildman–Crippen LogP) is 8.50. The molecule has 45 heavy (non-hydrogen) atoms. The van der Waals surface area contributed by atoms with Crippen LogP contribution < -0.4 is 10.6 Å². The van der Waals surface area contributed by atoms with Gasteiger partial charge in [-0.25, -0.2) is 24.9 Å². The van der Waals surface area contributed by atoms with E-state index in [2.05, 4.69) is 50.9 Å². The molecule has 0 saturated heterocycles. The number of hydrogen-bond acceptors (Lipinski definition) is 6. The van der Waals surface area contributed by atoms with Gasteiger partial charge in [0.15, 0.2) is 17.5 Å². The number of nitrogens with zero attached hydrogens (tertiary/aromatic N) is 5. The summed E-state index contributed by atoms with van der Waals surface area (Å²) < 4.78 is 0. The number of rotatable bonds is 6. The highest BCUT2D eigenvalue weighted by Crippen LogP contribution is 2.20. The first kappa shape index (κ1) is 30.4. The van der Waals surface area contributed by atoms with E-state index in [1.54, 1.807) is 12.3 Å². The zero-order valence-electron chi connectivity index (χ0n) is 25.4. The Balaban J connectivity index is 0.00000196. The van der Waals surface area contributed by atoms with Crippen molar-refractivity contribution in [2.45, 2.75) is 20.8 Å². The van der Waals surface area contributed by atoms with Crippen molar-refractivity contribution in [3.05, 3.63) is 139 Å². The van der Waals surface area contributed by atoms with E-state index in [9.17, 15) is 0 Å². The molecule has 0 spiro atoms. The van der Waals surface area contributed by atoms with Crippen molar-refractivity contribution >= 4 is 62.8 Å². The van der Waals surface area contributed by atoms with E-state index in [0.717, 1.165) is 39.0 Å². The largest absolute Gasteiger partial charge is 0.331 e. The average molecular weight is 591 g/mol. The molecule has 0 radical (unpaired) electrons. The summed E-state index contributed by atoms with van der Waals surface area (Å²) in [7, 11) is 0. The molecule has 8 heteroatoms. The average Bonchev–Trinajstić information content (AvgIpc) is 3.09. The number of amidine groups is 3. The highest BCUT2D eigenvalue weighted by Gasteiger charge is 2.09. The van der Waals surface area contributed by atoms with Gasteiger partial charge in [0, 0.05) is 17.3 Å². The van der Waals surface area contributed by atoms with Crippen LogP contribution in [0.25, 0.3) is 21.5 Å². The number of pyridine rings is 2. The van der Waals surface area contributed by atoms with Crippen molar-refractivity contribution in [2.24, 2.45) is 15.0 Å². The lowest BCUT2D eigenvalue weighted by Gasteiger charge is -2.11. The molecular weight excluding hydrogens is 556 g/mol. The Morgan fingerprint density at radius 2 is 1.13 bits per heavy atom. The molecule has 0 amide bonds. The first-order chi connectivity index (χ1) is 22.1. The van der Waals surface area contributed by atoms with Crippen molar-refractivity contribution in [1.82, 2.24) is 20.6 Å². The van der Waals surface area contributed by atoms with Crippen LogP contribution in [0.3, 0.4) is 0 Å². The van der Waals surface area contributed by atoms with Crippen molar-refractivity contribution in [3.63, 3.8) is 0 Å². The molecule has 4 aromatic carbocycles. The Hall–Kier alpha value is -6.02. The van der Waals surface area contributed by atoms with Gasteiger partial charge in [0.1, 0.15) is 17.5 Å². The predicted molar refractivity (Wildman–Crippen MR) is 188 cm³/mol. The van der Waals surface area contributed by atoms with E-state index in [1.807, 2.05) is 106 Å². The number of hydrogen-bond donors (Lipinski definition) is 3. The van der Waals surface area contributed by atoms with E-state index < -0.39 is 0 Å². The van der Waals surface area contributed by atoms with E-state index in [-0.39, 0.29) is 0 Å². The van der Waals surface area contributed by atoms with E-state index in [4.69, 9.17) is 20.4 Å². The molecule has 0 fully saturated rings. The van der Waals surface area contributed by atoms with Crippen LogP contribution in [-0.2, 0) is 0 Å². The Bertz CT molecular complexity index is 2010.